The number of carbonyl (C=O) groups excluding carboxylic acids is 1. The predicted octanol–water partition coefficient (Wildman–Crippen LogP) is 4.83. The van der Waals surface area contributed by atoms with Crippen LogP contribution in [0.25, 0.3) is 11.3 Å². The van der Waals surface area contributed by atoms with Gasteiger partial charge in [-0.05, 0) is 43.2 Å². The first-order valence-electron chi connectivity index (χ1n) is 10.9. The quantitative estimate of drug-likeness (QED) is 0.420. The highest BCUT2D eigenvalue weighted by molar-refractivity contribution is 7.14. The molecule has 3 aromatic rings. The third-order valence-electron chi connectivity index (χ3n) is 5.22. The molecule has 0 spiro atoms. The van der Waals surface area contributed by atoms with E-state index >= 15 is 0 Å². The molecule has 33 heavy (non-hydrogen) atoms. The number of aromatic nitrogens is 1. The normalized spacial score (nSPS) is 11.6. The van der Waals surface area contributed by atoms with Crippen LogP contribution in [-0.2, 0) is 11.3 Å². The monoisotopic (exact) mass is 467 g/mol. The molecule has 174 valence electrons. The molecule has 2 aromatic carbocycles. The number of hydrogen-bond acceptors (Lipinski definition) is 6. The summed E-state index contributed by atoms with van der Waals surface area (Å²) in [5, 5.41) is 14.4. The minimum absolute atomic E-state index is 0.401. The fraction of sp³-hybridized carbons (Fsp3) is 0.320. The number of carboxylic acids is 1. The number of nitrogens with zero attached hydrogens (tertiary/aromatic N) is 2. The second-order valence-electron chi connectivity index (χ2n) is 7.75. The number of nitrogens with one attached hydrogen (secondary N) is 1. The number of amides is 1. The van der Waals surface area contributed by atoms with E-state index in [9.17, 15) is 9.59 Å². The molecule has 0 aliphatic rings. The van der Waals surface area contributed by atoms with Gasteiger partial charge in [-0.2, -0.15) is 0 Å². The van der Waals surface area contributed by atoms with Crippen LogP contribution in [0, 0.1) is 0 Å². The number of hydrogen-bond donors (Lipinski definition) is 2. The largest absolute Gasteiger partial charge is 0.497 e. The van der Waals surface area contributed by atoms with E-state index in [0.29, 0.717) is 12.1 Å². The fourth-order valence-corrected chi connectivity index (χ4v) is 4.10. The maximum atomic E-state index is 12.2. The maximum Gasteiger partial charge on any atom is 0.325 e. The summed E-state index contributed by atoms with van der Waals surface area (Å²) in [6.45, 7) is 5.14. The molecule has 8 heteroatoms. The highest BCUT2D eigenvalue weighted by Gasteiger charge is 2.16. The van der Waals surface area contributed by atoms with E-state index in [-0.39, 0.29) is 0 Å². The van der Waals surface area contributed by atoms with Gasteiger partial charge in [0.15, 0.2) is 5.13 Å². The van der Waals surface area contributed by atoms with Crippen molar-refractivity contribution < 1.29 is 19.4 Å². The fourth-order valence-electron chi connectivity index (χ4n) is 3.24. The number of anilines is 1. The Morgan fingerprint density at radius 2 is 1.97 bits per heavy atom. The van der Waals surface area contributed by atoms with Crippen LogP contribution < -0.4 is 15.0 Å². The molecule has 0 fully saturated rings. The van der Waals surface area contributed by atoms with Gasteiger partial charge in [0.1, 0.15) is 11.8 Å². The Bertz CT molecular complexity index is 1080. The molecular weight excluding hydrogens is 438 g/mol. The predicted molar refractivity (Wildman–Crippen MR) is 131 cm³/mol. The minimum Gasteiger partial charge on any atom is -0.497 e. The van der Waals surface area contributed by atoms with Crippen LogP contribution in [0.4, 0.5) is 5.13 Å². The molecule has 3 rings (SSSR count). The van der Waals surface area contributed by atoms with Crippen molar-refractivity contribution in [3.8, 4) is 17.0 Å². The van der Waals surface area contributed by atoms with Gasteiger partial charge in [0.25, 0.3) is 5.91 Å². The van der Waals surface area contributed by atoms with Crippen molar-refractivity contribution in [3.05, 3.63) is 65.0 Å². The maximum absolute atomic E-state index is 12.2. The Balaban J connectivity index is 1.74. The third-order valence-corrected chi connectivity index (χ3v) is 6.12. The lowest BCUT2D eigenvalue weighted by atomic mass is 10.1. The van der Waals surface area contributed by atoms with Crippen LogP contribution in [0.3, 0.4) is 0 Å². The molecule has 0 bridgehead atoms. The Morgan fingerprint density at radius 3 is 2.64 bits per heavy atom. The van der Waals surface area contributed by atoms with Crippen molar-refractivity contribution in [2.24, 2.45) is 0 Å². The van der Waals surface area contributed by atoms with Gasteiger partial charge >= 0.3 is 5.97 Å². The van der Waals surface area contributed by atoms with Gasteiger partial charge in [-0.3, -0.25) is 9.59 Å². The highest BCUT2D eigenvalue weighted by atomic mass is 32.1. The summed E-state index contributed by atoms with van der Waals surface area (Å²) in [5.74, 6) is -0.669. The molecule has 1 atom stereocenters. The van der Waals surface area contributed by atoms with Crippen LogP contribution in [0.1, 0.15) is 42.6 Å². The van der Waals surface area contributed by atoms with Gasteiger partial charge in [0, 0.05) is 29.6 Å². The van der Waals surface area contributed by atoms with E-state index < -0.39 is 17.9 Å². The van der Waals surface area contributed by atoms with Gasteiger partial charge in [-0.15, -0.1) is 11.3 Å². The number of unbranched alkanes of at least 4 members (excludes halogenated alkanes) is 1. The number of ether oxygens (including phenoxy) is 1. The Morgan fingerprint density at radius 1 is 1.21 bits per heavy atom. The summed E-state index contributed by atoms with van der Waals surface area (Å²) < 4.78 is 5.33. The second-order valence-corrected chi connectivity index (χ2v) is 8.59. The average molecular weight is 468 g/mol. The number of aliphatic carboxylic acids is 1. The minimum atomic E-state index is -1.07. The van der Waals surface area contributed by atoms with Gasteiger partial charge in [-0.25, -0.2) is 4.98 Å². The van der Waals surface area contributed by atoms with Crippen molar-refractivity contribution in [3.63, 3.8) is 0 Å². The smallest absolute Gasteiger partial charge is 0.325 e. The van der Waals surface area contributed by atoms with Crippen molar-refractivity contribution in [2.75, 3.05) is 18.6 Å². The molecule has 1 amide bonds. The number of benzene rings is 2. The Hall–Kier alpha value is -3.39. The molecule has 1 heterocycles. The van der Waals surface area contributed by atoms with E-state index in [4.69, 9.17) is 14.8 Å². The lowest BCUT2D eigenvalue weighted by molar-refractivity contribution is -0.138. The third kappa shape index (κ3) is 6.55. The molecule has 1 aromatic heterocycles. The average Bonchev–Trinajstić information content (AvgIpc) is 3.32. The van der Waals surface area contributed by atoms with E-state index in [1.807, 2.05) is 36.4 Å². The van der Waals surface area contributed by atoms with Gasteiger partial charge in [0.05, 0.1) is 12.8 Å². The molecule has 7 nitrogen and oxygen atoms in total. The molecule has 0 aliphatic carbocycles. The van der Waals surface area contributed by atoms with Crippen LogP contribution in [0.15, 0.2) is 53.9 Å². The van der Waals surface area contributed by atoms with Gasteiger partial charge in [-0.1, -0.05) is 37.6 Å². The first kappa shape index (κ1) is 24.3. The standard InChI is InChI=1S/C25H29N3O4S/c1-4-5-13-28(25-27-22(16-33-25)20-7-6-8-21(14-20)32-3)15-18-9-11-19(12-10-18)23(29)26-17(2)24(30)31/h6-12,14,16-17H,4-5,13,15H2,1-3H3,(H,26,29)(H,30,31). The molecule has 0 radical (unpaired) electrons. The van der Waals surface area contributed by atoms with Gasteiger partial charge < -0.3 is 20.1 Å². The van der Waals surface area contributed by atoms with Crippen molar-refractivity contribution in [1.29, 1.82) is 0 Å². The Kier molecular flexibility index (Phi) is 8.43. The molecule has 0 saturated heterocycles. The summed E-state index contributed by atoms with van der Waals surface area (Å²) in [6.07, 6.45) is 2.12. The molecule has 0 aliphatic heterocycles. The summed E-state index contributed by atoms with van der Waals surface area (Å²) in [7, 11) is 1.65. The number of thiazole rings is 1. The molecular formula is C25H29N3O4S. The van der Waals surface area contributed by atoms with Gasteiger partial charge in [0.2, 0.25) is 0 Å². The highest BCUT2D eigenvalue weighted by Crippen LogP contribution is 2.30. The van der Waals surface area contributed by atoms with Crippen LogP contribution in [0.5, 0.6) is 5.75 Å². The van der Waals surface area contributed by atoms with Crippen molar-refractivity contribution >= 4 is 28.3 Å². The van der Waals surface area contributed by atoms with Crippen molar-refractivity contribution in [1.82, 2.24) is 10.3 Å². The van der Waals surface area contributed by atoms with E-state index in [1.54, 1.807) is 30.6 Å². The summed E-state index contributed by atoms with van der Waals surface area (Å²) in [5.41, 5.74) is 3.40. The van der Waals surface area contributed by atoms with Crippen molar-refractivity contribution in [2.45, 2.75) is 39.3 Å². The first-order chi connectivity index (χ1) is 15.9. The lowest BCUT2D eigenvalue weighted by Gasteiger charge is -2.22. The van der Waals surface area contributed by atoms with Crippen LogP contribution >= 0.6 is 11.3 Å². The molecule has 2 N–H and O–H groups in total. The Labute approximate surface area is 198 Å². The first-order valence-corrected chi connectivity index (χ1v) is 11.8. The SMILES string of the molecule is CCCCN(Cc1ccc(C(=O)NC(C)C(=O)O)cc1)c1nc(-c2cccc(OC)c2)cs1. The number of carboxylic acid groups (broad SMARTS) is 1. The summed E-state index contributed by atoms with van der Waals surface area (Å²) in [4.78, 5) is 30.3. The zero-order chi connectivity index (χ0) is 23.8. The zero-order valence-electron chi connectivity index (χ0n) is 19.1. The number of rotatable bonds is 11. The summed E-state index contributed by atoms with van der Waals surface area (Å²) in [6, 6.07) is 14.2. The summed E-state index contributed by atoms with van der Waals surface area (Å²) >= 11 is 1.61. The van der Waals surface area contributed by atoms with E-state index in [2.05, 4.69) is 22.5 Å². The van der Waals surface area contributed by atoms with Crippen LogP contribution in [0.2, 0.25) is 0 Å². The number of methoxy groups -OCH3 is 1. The number of carbonyl (C=O) groups is 2. The van der Waals surface area contributed by atoms with Crippen LogP contribution in [-0.4, -0.2) is 41.7 Å². The lowest BCUT2D eigenvalue weighted by Crippen LogP contribution is -2.38. The van der Waals surface area contributed by atoms with E-state index in [1.165, 1.54) is 6.92 Å². The molecule has 1 unspecified atom stereocenters. The topological polar surface area (TPSA) is 91.8 Å². The molecule has 0 saturated carbocycles. The van der Waals surface area contributed by atoms with E-state index in [0.717, 1.165) is 47.1 Å². The second kappa shape index (κ2) is 11.5. The zero-order valence-corrected chi connectivity index (χ0v) is 19.9.